The van der Waals surface area contributed by atoms with Gasteiger partial charge in [-0.25, -0.2) is 0 Å². The van der Waals surface area contributed by atoms with Gasteiger partial charge >= 0.3 is 11.9 Å². The Kier molecular flexibility index (Phi) is 8.96. The maximum absolute atomic E-state index is 10.8. The number of nitrogens with two attached hydrogens (primary N) is 2. The number of rotatable bonds is 11. The number of unbranched alkanes of at least 4 members (excludes halogenated alkanes) is 1. The normalized spacial score (nSPS) is 27.1. The van der Waals surface area contributed by atoms with Crippen molar-refractivity contribution in [2.75, 3.05) is 19.6 Å². The summed E-state index contributed by atoms with van der Waals surface area (Å²) in [6.07, 6.45) is 0.889. The van der Waals surface area contributed by atoms with Crippen molar-refractivity contribution >= 4 is 23.7 Å². The van der Waals surface area contributed by atoms with Crippen LogP contribution in [0.15, 0.2) is 9.98 Å². The van der Waals surface area contributed by atoms with Gasteiger partial charge in [-0.15, -0.1) is 0 Å². The summed E-state index contributed by atoms with van der Waals surface area (Å²) in [5.41, 5.74) is 11.0. The van der Waals surface area contributed by atoms with E-state index in [-0.39, 0.29) is 19.0 Å². The van der Waals surface area contributed by atoms with E-state index in [0.717, 1.165) is 0 Å². The Morgan fingerprint density at radius 1 is 1.10 bits per heavy atom. The van der Waals surface area contributed by atoms with E-state index in [9.17, 15) is 19.8 Å². The van der Waals surface area contributed by atoms with E-state index < -0.39 is 36.2 Å². The highest BCUT2D eigenvalue weighted by molar-refractivity contribution is 6.05. The molecule has 0 amide bonds. The van der Waals surface area contributed by atoms with Gasteiger partial charge < -0.3 is 42.1 Å². The highest BCUT2D eigenvalue weighted by Crippen LogP contribution is 2.19. The molecule has 0 radical (unpaired) electrons. The van der Waals surface area contributed by atoms with E-state index in [2.05, 4.69) is 15.3 Å². The number of carboxylic acid groups (broad SMARTS) is 2. The second-order valence-corrected chi connectivity index (χ2v) is 7.72. The fourth-order valence-corrected chi connectivity index (χ4v) is 3.43. The Labute approximate surface area is 174 Å². The van der Waals surface area contributed by atoms with Crippen molar-refractivity contribution in [3.05, 3.63) is 0 Å². The number of aliphatic hydroxyl groups is 2. The van der Waals surface area contributed by atoms with E-state index in [1.54, 1.807) is 0 Å². The van der Waals surface area contributed by atoms with E-state index in [0.29, 0.717) is 57.0 Å². The number of amidine groups is 1. The minimum Gasteiger partial charge on any atom is -0.480 e. The van der Waals surface area contributed by atoms with Gasteiger partial charge in [-0.2, -0.15) is 4.99 Å². The summed E-state index contributed by atoms with van der Waals surface area (Å²) in [5.74, 6) is -0.996. The minimum absolute atomic E-state index is 0.212. The molecular weight excluding hydrogens is 396 g/mol. The first kappa shape index (κ1) is 24.0. The summed E-state index contributed by atoms with van der Waals surface area (Å²) in [4.78, 5) is 32.3. The quantitative estimate of drug-likeness (QED) is 0.179. The van der Waals surface area contributed by atoms with Crippen molar-refractivity contribution in [3.8, 4) is 0 Å². The molecule has 30 heavy (non-hydrogen) atoms. The molecule has 2 unspecified atom stereocenters. The third kappa shape index (κ3) is 6.90. The number of nitrogens with zero attached hydrogens (tertiary/aromatic N) is 3. The van der Waals surface area contributed by atoms with Gasteiger partial charge in [0.15, 0.2) is 0 Å². The van der Waals surface area contributed by atoms with Crippen LogP contribution < -0.4 is 16.8 Å². The second-order valence-electron chi connectivity index (χ2n) is 7.72. The molecule has 0 aliphatic carbocycles. The number of aliphatic carboxylic acids is 2. The van der Waals surface area contributed by atoms with Crippen LogP contribution in [-0.2, 0) is 9.59 Å². The van der Waals surface area contributed by atoms with Gasteiger partial charge in [0.1, 0.15) is 17.9 Å². The molecular formula is C18H32N6O6. The van der Waals surface area contributed by atoms with Gasteiger partial charge in [0, 0.05) is 26.1 Å². The van der Waals surface area contributed by atoms with Crippen LogP contribution >= 0.6 is 0 Å². The Morgan fingerprint density at radius 3 is 2.37 bits per heavy atom. The maximum Gasteiger partial charge on any atom is 0.320 e. The number of fused-ring (bicyclic) bond motifs is 1. The number of nitrogens with one attached hydrogen (secondary N) is 1. The number of likely N-dealkylation sites (tertiary alicyclic amines) is 1. The van der Waals surface area contributed by atoms with Gasteiger partial charge in [0.25, 0.3) is 0 Å². The molecule has 5 atom stereocenters. The first-order valence-electron chi connectivity index (χ1n) is 10.2. The molecule has 1 saturated heterocycles. The third-order valence-corrected chi connectivity index (χ3v) is 5.25. The molecule has 12 heteroatoms. The van der Waals surface area contributed by atoms with E-state index in [1.807, 2.05) is 4.90 Å². The molecule has 0 aromatic heterocycles. The van der Waals surface area contributed by atoms with Crippen LogP contribution in [0.1, 0.15) is 38.5 Å². The minimum atomic E-state index is -1.04. The van der Waals surface area contributed by atoms with E-state index in [1.165, 1.54) is 0 Å². The number of β-amino-alcohol motifs (C(OH)–C–C–N with tert-alkyl or cyclic N) is 1. The number of carbonyl (C=O) groups is 2. The zero-order valence-corrected chi connectivity index (χ0v) is 16.9. The average molecular weight is 428 g/mol. The predicted octanol–water partition coefficient (Wildman–Crippen LogP) is -2.09. The number of carboxylic acids is 2. The SMILES string of the molecule is NC(CCCN=C1N=C2C(C[C@H](O)[C@H](O)CN2CCCC[C@H](N)C(=O)O)N1)C(=O)O. The smallest absolute Gasteiger partial charge is 0.320 e. The fraction of sp³-hybridized carbons (Fsp3) is 0.778. The van der Waals surface area contributed by atoms with Gasteiger partial charge in [0.2, 0.25) is 5.96 Å². The van der Waals surface area contributed by atoms with Gasteiger partial charge in [0.05, 0.1) is 18.2 Å². The summed E-state index contributed by atoms with van der Waals surface area (Å²) < 4.78 is 0. The number of hydrogen-bond acceptors (Lipinski definition) is 8. The van der Waals surface area contributed by atoms with Crippen molar-refractivity contribution < 1.29 is 30.0 Å². The summed E-state index contributed by atoms with van der Waals surface area (Å²) in [6, 6.07) is -2.10. The van der Waals surface area contributed by atoms with Crippen molar-refractivity contribution in [1.82, 2.24) is 10.2 Å². The lowest BCUT2D eigenvalue weighted by Gasteiger charge is -2.26. The summed E-state index contributed by atoms with van der Waals surface area (Å²) in [7, 11) is 0. The molecule has 0 aromatic rings. The Hall–Kier alpha value is -2.28. The van der Waals surface area contributed by atoms with Gasteiger partial charge in [-0.3, -0.25) is 14.6 Å². The van der Waals surface area contributed by atoms with Crippen molar-refractivity contribution in [1.29, 1.82) is 0 Å². The lowest BCUT2D eigenvalue weighted by molar-refractivity contribution is -0.139. The second kappa shape index (κ2) is 11.2. The van der Waals surface area contributed by atoms with Crippen molar-refractivity contribution in [3.63, 3.8) is 0 Å². The highest BCUT2D eigenvalue weighted by atomic mass is 16.4. The zero-order valence-electron chi connectivity index (χ0n) is 16.9. The summed E-state index contributed by atoms with van der Waals surface area (Å²) in [6.45, 7) is 1.11. The van der Waals surface area contributed by atoms with Crippen LogP contribution in [0.3, 0.4) is 0 Å². The van der Waals surface area contributed by atoms with E-state index in [4.69, 9.17) is 21.7 Å². The molecule has 12 nitrogen and oxygen atoms in total. The van der Waals surface area contributed by atoms with Gasteiger partial charge in [-0.05, 0) is 32.1 Å². The Bertz CT molecular complexity index is 672. The van der Waals surface area contributed by atoms with Crippen LogP contribution in [0.25, 0.3) is 0 Å². The first-order valence-corrected chi connectivity index (χ1v) is 10.2. The molecule has 2 heterocycles. The van der Waals surface area contributed by atoms with Crippen LogP contribution in [0.5, 0.6) is 0 Å². The molecule has 170 valence electrons. The summed E-state index contributed by atoms with van der Waals surface area (Å²) in [5, 5.41) is 41.1. The van der Waals surface area contributed by atoms with Crippen LogP contribution in [0.4, 0.5) is 0 Å². The zero-order chi connectivity index (χ0) is 22.3. The molecule has 0 aromatic carbocycles. The molecule has 2 aliphatic heterocycles. The topological polar surface area (TPSA) is 207 Å². The molecule has 0 spiro atoms. The fourth-order valence-electron chi connectivity index (χ4n) is 3.43. The largest absolute Gasteiger partial charge is 0.480 e. The number of aliphatic hydroxyl groups excluding tert-OH is 2. The molecule has 0 saturated carbocycles. The first-order chi connectivity index (χ1) is 14.2. The van der Waals surface area contributed by atoms with Crippen LogP contribution in [-0.4, -0.2) is 99.0 Å². The van der Waals surface area contributed by atoms with Gasteiger partial charge in [-0.1, -0.05) is 0 Å². The predicted molar refractivity (Wildman–Crippen MR) is 109 cm³/mol. The van der Waals surface area contributed by atoms with Crippen molar-refractivity contribution in [2.24, 2.45) is 21.5 Å². The summed E-state index contributed by atoms with van der Waals surface area (Å²) >= 11 is 0. The number of aliphatic imine (C=N–C) groups is 2. The molecule has 0 bridgehead atoms. The van der Waals surface area contributed by atoms with Crippen molar-refractivity contribution in [2.45, 2.75) is 68.9 Å². The lowest BCUT2D eigenvalue weighted by Crippen LogP contribution is -2.42. The molecule has 1 fully saturated rings. The monoisotopic (exact) mass is 428 g/mol. The number of guanidine groups is 1. The maximum atomic E-state index is 10.8. The molecule has 2 rings (SSSR count). The number of hydrogen-bond donors (Lipinski definition) is 7. The van der Waals surface area contributed by atoms with E-state index >= 15 is 0 Å². The third-order valence-electron chi connectivity index (χ3n) is 5.25. The molecule has 2 aliphatic rings. The average Bonchev–Trinajstić information content (AvgIpc) is 3.04. The Balaban J connectivity index is 1.95. The Morgan fingerprint density at radius 2 is 1.73 bits per heavy atom. The highest BCUT2D eigenvalue weighted by Gasteiger charge is 2.37. The van der Waals surface area contributed by atoms with Crippen LogP contribution in [0.2, 0.25) is 0 Å². The molecule has 9 N–H and O–H groups in total. The standard InChI is InChI=1S/C18H32N6O6/c19-10(16(27)28)4-1-2-7-24-9-14(26)13(25)8-12-15(24)23-18(22-12)21-6-3-5-11(20)17(29)30/h10-14,25-26H,1-9,19-20H2,(H,21,22)(H,27,28)(H,29,30)/t10-,11?,12?,13-,14+/m0/s1. The lowest BCUT2D eigenvalue weighted by atomic mass is 10.1. The van der Waals surface area contributed by atoms with Crippen LogP contribution in [0, 0.1) is 0 Å².